The van der Waals surface area contributed by atoms with E-state index in [4.69, 9.17) is 33.2 Å². The lowest BCUT2D eigenvalue weighted by atomic mass is 9.89. The maximum atomic E-state index is 12.6. The fourth-order valence-electron chi connectivity index (χ4n) is 3.27. The van der Waals surface area contributed by atoms with E-state index in [0.29, 0.717) is 0 Å². The predicted octanol–water partition coefficient (Wildman–Crippen LogP) is 1.84. The molecule has 1 aliphatic heterocycles. The minimum atomic E-state index is -1.33. The second kappa shape index (κ2) is 13.0. The Morgan fingerprint density at radius 1 is 0.722 bits per heavy atom. The highest BCUT2D eigenvalue weighted by Gasteiger charge is 2.52. The first-order valence-electron chi connectivity index (χ1n) is 11.6. The lowest BCUT2D eigenvalue weighted by Crippen LogP contribution is -2.63. The normalized spacial score (nSPS) is 24.3. The number of hydrogen-bond acceptors (Lipinski definition) is 12. The first-order chi connectivity index (χ1) is 16.4. The van der Waals surface area contributed by atoms with Gasteiger partial charge in [0, 0.05) is 27.7 Å². The zero-order chi connectivity index (χ0) is 27.8. The van der Waals surface area contributed by atoms with Gasteiger partial charge in [-0.2, -0.15) is 0 Å². The molecule has 0 N–H and O–H groups in total. The summed E-state index contributed by atoms with van der Waals surface area (Å²) in [6.45, 7) is 12.8. The molecule has 0 unspecified atom stereocenters. The zero-order valence-corrected chi connectivity index (χ0v) is 22.4. The number of esters is 5. The number of carbonyl (C=O) groups is 5. The van der Waals surface area contributed by atoms with Crippen molar-refractivity contribution in [3.63, 3.8) is 0 Å². The van der Waals surface area contributed by atoms with Gasteiger partial charge in [0.25, 0.3) is 0 Å². The summed E-state index contributed by atoms with van der Waals surface area (Å²) in [5.41, 5.74) is -1.60. The van der Waals surface area contributed by atoms with Crippen LogP contribution in [0.25, 0.3) is 0 Å². The third-order valence-corrected chi connectivity index (χ3v) is 4.91. The second-order valence-electron chi connectivity index (χ2n) is 10.1. The largest absolute Gasteiger partial charge is 0.463 e. The number of hydrogen-bond donors (Lipinski definition) is 0. The van der Waals surface area contributed by atoms with Crippen LogP contribution in [0, 0.1) is 5.41 Å². The molecule has 206 valence electrons. The van der Waals surface area contributed by atoms with Crippen molar-refractivity contribution in [1.82, 2.24) is 0 Å². The highest BCUT2D eigenvalue weighted by atomic mass is 16.7. The van der Waals surface area contributed by atoms with Crippen LogP contribution in [0.4, 0.5) is 0 Å². The third kappa shape index (κ3) is 10.5. The molecule has 1 aliphatic rings. The lowest BCUT2D eigenvalue weighted by Gasteiger charge is -2.44. The number of carbonyl (C=O) groups excluding carboxylic acids is 5. The van der Waals surface area contributed by atoms with E-state index >= 15 is 0 Å². The molecule has 0 radical (unpaired) electrons. The Bertz CT molecular complexity index is 812. The first kappa shape index (κ1) is 31.3. The molecule has 0 amide bonds. The van der Waals surface area contributed by atoms with Crippen molar-refractivity contribution in [2.45, 2.75) is 105 Å². The zero-order valence-electron chi connectivity index (χ0n) is 22.4. The maximum absolute atomic E-state index is 12.6. The molecule has 1 saturated heterocycles. The Hall–Kier alpha value is -2.73. The average Bonchev–Trinajstić information content (AvgIpc) is 2.68. The minimum absolute atomic E-state index is 0.0417. The quantitative estimate of drug-likeness (QED) is 0.307. The topological polar surface area (TPSA) is 150 Å². The van der Waals surface area contributed by atoms with Gasteiger partial charge < -0.3 is 33.2 Å². The van der Waals surface area contributed by atoms with Crippen molar-refractivity contribution in [2.24, 2.45) is 5.41 Å². The van der Waals surface area contributed by atoms with Crippen molar-refractivity contribution in [3.8, 4) is 0 Å². The summed E-state index contributed by atoms with van der Waals surface area (Å²) in [4.78, 5) is 59.5. The van der Waals surface area contributed by atoms with Crippen LogP contribution >= 0.6 is 0 Å². The number of ether oxygens (including phenoxy) is 7. The van der Waals surface area contributed by atoms with Crippen LogP contribution in [0.3, 0.4) is 0 Å². The highest BCUT2D eigenvalue weighted by Crippen LogP contribution is 2.31. The highest BCUT2D eigenvalue weighted by molar-refractivity contribution is 5.76. The van der Waals surface area contributed by atoms with Crippen LogP contribution in [-0.4, -0.2) is 79.4 Å². The summed E-state index contributed by atoms with van der Waals surface area (Å²) in [6, 6.07) is 0. The van der Waals surface area contributed by atoms with Crippen LogP contribution in [0.5, 0.6) is 0 Å². The summed E-state index contributed by atoms with van der Waals surface area (Å²) < 4.78 is 38.2. The minimum Gasteiger partial charge on any atom is -0.463 e. The molecule has 1 rings (SSSR count). The molecule has 0 aromatic heterocycles. The van der Waals surface area contributed by atoms with Crippen LogP contribution in [0.1, 0.15) is 68.7 Å². The molecule has 0 aliphatic carbocycles. The molecular weight excluding hydrogens is 480 g/mol. The monoisotopic (exact) mass is 518 g/mol. The molecule has 36 heavy (non-hydrogen) atoms. The van der Waals surface area contributed by atoms with Crippen molar-refractivity contribution in [3.05, 3.63) is 0 Å². The van der Waals surface area contributed by atoms with Gasteiger partial charge in [-0.15, -0.1) is 0 Å². The molecule has 12 heteroatoms. The van der Waals surface area contributed by atoms with E-state index in [1.165, 1.54) is 6.92 Å². The Kier molecular flexibility index (Phi) is 11.3. The Balaban J connectivity index is 3.19. The molecule has 0 bridgehead atoms. The van der Waals surface area contributed by atoms with E-state index in [0.717, 1.165) is 20.8 Å². The van der Waals surface area contributed by atoms with Crippen LogP contribution in [0.15, 0.2) is 0 Å². The van der Waals surface area contributed by atoms with Gasteiger partial charge in [0.1, 0.15) is 18.3 Å². The molecule has 1 heterocycles. The molecule has 1 fully saturated rings. The third-order valence-electron chi connectivity index (χ3n) is 4.91. The Labute approximate surface area is 211 Å². The van der Waals surface area contributed by atoms with Crippen molar-refractivity contribution in [1.29, 1.82) is 0 Å². The fourth-order valence-corrected chi connectivity index (χ4v) is 3.27. The Morgan fingerprint density at radius 3 is 1.69 bits per heavy atom. The standard InChI is InChI=1S/C24H38O12/c1-13(25)31-12-17-18(32-14(2)26)19(33-15(3)27)20(34-16(4)28)21(35-17)30-11-10-24(8,9)22(29)36-23(5,6)7/h17-21H,10-12H2,1-9H3/t17-,18+,19+,20-,21-/m1/s1. The fraction of sp³-hybridized carbons (Fsp3) is 0.792. The predicted molar refractivity (Wildman–Crippen MR) is 122 cm³/mol. The summed E-state index contributed by atoms with van der Waals surface area (Å²) >= 11 is 0. The van der Waals surface area contributed by atoms with Crippen LogP contribution in [0.2, 0.25) is 0 Å². The number of rotatable bonds is 10. The van der Waals surface area contributed by atoms with Gasteiger partial charge in [0.2, 0.25) is 0 Å². The van der Waals surface area contributed by atoms with E-state index in [1.54, 1.807) is 34.6 Å². The molecule has 5 atom stereocenters. The van der Waals surface area contributed by atoms with E-state index in [1.807, 2.05) is 0 Å². The summed E-state index contributed by atoms with van der Waals surface area (Å²) in [6.07, 6.45) is -6.14. The molecule has 0 aromatic rings. The molecule has 0 aromatic carbocycles. The molecule has 0 saturated carbocycles. The van der Waals surface area contributed by atoms with Gasteiger partial charge >= 0.3 is 29.8 Å². The Morgan fingerprint density at radius 2 is 1.22 bits per heavy atom. The van der Waals surface area contributed by atoms with E-state index in [9.17, 15) is 24.0 Å². The SMILES string of the molecule is CC(=O)OC[C@H]1O[C@@H](OCCC(C)(C)C(=O)OC(C)(C)C)[C@H](OC(C)=O)[C@@H](OC(C)=O)[C@H]1OC(C)=O. The van der Waals surface area contributed by atoms with Gasteiger partial charge in [-0.1, -0.05) is 0 Å². The second-order valence-corrected chi connectivity index (χ2v) is 10.1. The van der Waals surface area contributed by atoms with Crippen LogP contribution < -0.4 is 0 Å². The van der Waals surface area contributed by atoms with Crippen molar-refractivity contribution in [2.75, 3.05) is 13.2 Å². The van der Waals surface area contributed by atoms with E-state index in [2.05, 4.69) is 0 Å². The average molecular weight is 519 g/mol. The van der Waals surface area contributed by atoms with Gasteiger partial charge in [-0.05, 0) is 41.0 Å². The molecule has 12 nitrogen and oxygen atoms in total. The summed E-state index contributed by atoms with van der Waals surface area (Å²) in [7, 11) is 0. The molecule has 0 spiro atoms. The lowest BCUT2D eigenvalue weighted by molar-refractivity contribution is -0.308. The van der Waals surface area contributed by atoms with Crippen molar-refractivity contribution >= 4 is 29.8 Å². The van der Waals surface area contributed by atoms with Crippen molar-refractivity contribution < 1.29 is 57.1 Å². The van der Waals surface area contributed by atoms with E-state index < -0.39 is 71.6 Å². The smallest absolute Gasteiger partial charge is 0.312 e. The van der Waals surface area contributed by atoms with Gasteiger partial charge in [0.15, 0.2) is 24.6 Å². The summed E-state index contributed by atoms with van der Waals surface area (Å²) in [5, 5.41) is 0. The van der Waals surface area contributed by atoms with Gasteiger partial charge in [-0.25, -0.2) is 0 Å². The summed E-state index contributed by atoms with van der Waals surface area (Å²) in [5.74, 6) is -3.26. The van der Waals surface area contributed by atoms with Crippen LogP contribution in [-0.2, 0) is 57.1 Å². The van der Waals surface area contributed by atoms with Gasteiger partial charge in [0.05, 0.1) is 12.0 Å². The van der Waals surface area contributed by atoms with Gasteiger partial charge in [-0.3, -0.25) is 24.0 Å². The van der Waals surface area contributed by atoms with E-state index in [-0.39, 0.29) is 19.6 Å². The maximum Gasteiger partial charge on any atom is 0.312 e. The first-order valence-corrected chi connectivity index (χ1v) is 11.6. The molecular formula is C24H38O12.